The lowest BCUT2D eigenvalue weighted by molar-refractivity contribution is -0.0260. The molecule has 2 bridgehead atoms. The lowest BCUT2D eigenvalue weighted by Crippen LogP contribution is -2.49. The summed E-state index contributed by atoms with van der Waals surface area (Å²) in [6.45, 7) is 6.94. The smallest absolute Gasteiger partial charge is 0.185 e. The van der Waals surface area contributed by atoms with Crippen molar-refractivity contribution in [3.63, 3.8) is 0 Å². The van der Waals surface area contributed by atoms with Crippen LogP contribution in [0.3, 0.4) is 0 Å². The lowest BCUT2D eigenvalue weighted by Gasteiger charge is -2.47. The topological polar surface area (TPSA) is 173 Å². The Morgan fingerprint density at radius 2 is 1.82 bits per heavy atom. The Bertz CT molecular complexity index is 1920. The Balaban J connectivity index is 1.23. The molecule has 1 heterocycles. The molecule has 10 nitrogen and oxygen atoms in total. The van der Waals surface area contributed by atoms with E-state index in [9.17, 15) is 20.4 Å². The van der Waals surface area contributed by atoms with Crippen LogP contribution in [0.2, 0.25) is 0 Å². The molecule has 3 aromatic carbocycles. The van der Waals surface area contributed by atoms with E-state index in [1.165, 1.54) is 5.56 Å². The molecule has 3 aliphatic carbocycles. The van der Waals surface area contributed by atoms with Gasteiger partial charge in [0.25, 0.3) is 0 Å². The number of phenolic OH excluding ortho intramolecular Hbond substituents is 2. The second-order valence-corrected chi connectivity index (χ2v) is 16.7. The van der Waals surface area contributed by atoms with Crippen molar-refractivity contribution in [2.75, 3.05) is 20.3 Å². The summed E-state index contributed by atoms with van der Waals surface area (Å²) in [6, 6.07) is 11.2. The third-order valence-electron chi connectivity index (χ3n) is 12.5. The van der Waals surface area contributed by atoms with Crippen molar-refractivity contribution in [3.8, 4) is 39.9 Å². The number of unbranched alkanes of at least 4 members (excludes halogenated alkanes) is 2. The second-order valence-electron chi connectivity index (χ2n) is 16.7. The molecule has 1 aliphatic heterocycles. The van der Waals surface area contributed by atoms with Crippen LogP contribution in [-0.2, 0) is 19.3 Å². The molecule has 1 fully saturated rings. The molecule has 0 unspecified atom stereocenters. The molecule has 55 heavy (non-hydrogen) atoms. The molecular weight excluding hydrogens is 695 g/mol. The molecule has 7 rings (SSSR count). The maximum atomic E-state index is 11.9. The van der Waals surface area contributed by atoms with E-state index >= 15 is 0 Å². The van der Waals surface area contributed by atoms with Crippen LogP contribution in [0.25, 0.3) is 11.1 Å². The SMILES string of the molecule is CCCCC[C@H]1Cc2cc(O)c(CC(C)C)cc2-c2c(OC)cc3c(c21)C[C@@H](O)[C@H](c1ccc(O)c(O[C@@H]2[C@H]4[C@@H](CO)CC[C@@H]2C=C[C@H]4CN=C(N)N)c1)O3. The first-order valence-corrected chi connectivity index (χ1v) is 20.3. The number of aromatic hydroxyl groups is 2. The van der Waals surface area contributed by atoms with Crippen LogP contribution in [0.1, 0.15) is 99.1 Å². The molecule has 10 heteroatoms. The van der Waals surface area contributed by atoms with Gasteiger partial charge in [0, 0.05) is 54.5 Å². The summed E-state index contributed by atoms with van der Waals surface area (Å²) in [6.07, 6.45) is 10.4. The summed E-state index contributed by atoms with van der Waals surface area (Å²) in [5, 5.41) is 44.5. The summed E-state index contributed by atoms with van der Waals surface area (Å²) in [7, 11) is 1.69. The van der Waals surface area contributed by atoms with Crippen molar-refractivity contribution in [1.82, 2.24) is 0 Å². The van der Waals surface area contributed by atoms with E-state index in [-0.39, 0.29) is 54.0 Å². The first kappa shape index (κ1) is 38.8. The Morgan fingerprint density at radius 3 is 2.55 bits per heavy atom. The van der Waals surface area contributed by atoms with E-state index in [1.807, 2.05) is 12.1 Å². The molecule has 0 spiro atoms. The molecule has 1 saturated carbocycles. The molecule has 296 valence electrons. The van der Waals surface area contributed by atoms with Gasteiger partial charge in [0.2, 0.25) is 0 Å². The van der Waals surface area contributed by atoms with Gasteiger partial charge in [0.1, 0.15) is 29.5 Å². The normalized spacial score (nSPS) is 26.4. The van der Waals surface area contributed by atoms with Gasteiger partial charge in [0.05, 0.1) is 13.2 Å². The van der Waals surface area contributed by atoms with E-state index in [0.717, 1.165) is 79.2 Å². The number of aliphatic imine (C=N–C) groups is 1. The molecule has 8 atom stereocenters. The largest absolute Gasteiger partial charge is 0.508 e. The average Bonchev–Trinajstić information content (AvgIpc) is 3.15. The summed E-state index contributed by atoms with van der Waals surface area (Å²) >= 11 is 0. The van der Waals surface area contributed by atoms with E-state index in [2.05, 4.69) is 44.0 Å². The highest BCUT2D eigenvalue weighted by molar-refractivity contribution is 5.83. The van der Waals surface area contributed by atoms with Gasteiger partial charge in [-0.2, -0.15) is 0 Å². The fraction of sp³-hybridized carbons (Fsp3) is 0.533. The zero-order chi connectivity index (χ0) is 39.0. The van der Waals surface area contributed by atoms with Gasteiger partial charge in [-0.15, -0.1) is 0 Å². The lowest BCUT2D eigenvalue weighted by atomic mass is 9.63. The third kappa shape index (κ3) is 7.72. The Labute approximate surface area is 325 Å². The van der Waals surface area contributed by atoms with Gasteiger partial charge in [-0.05, 0) is 102 Å². The minimum Gasteiger partial charge on any atom is -0.508 e. The van der Waals surface area contributed by atoms with Crippen molar-refractivity contribution in [2.45, 2.75) is 103 Å². The summed E-state index contributed by atoms with van der Waals surface area (Å²) in [4.78, 5) is 4.29. The van der Waals surface area contributed by atoms with Crippen molar-refractivity contribution in [3.05, 3.63) is 76.4 Å². The van der Waals surface area contributed by atoms with E-state index in [4.69, 9.17) is 25.7 Å². The van der Waals surface area contributed by atoms with Crippen molar-refractivity contribution >= 4 is 5.96 Å². The number of ether oxygens (including phenoxy) is 3. The number of phenols is 2. The number of guanidine groups is 1. The Hall–Kier alpha value is -4.41. The Morgan fingerprint density at radius 1 is 1.00 bits per heavy atom. The van der Waals surface area contributed by atoms with Crippen LogP contribution in [0, 0.1) is 29.6 Å². The van der Waals surface area contributed by atoms with Crippen LogP contribution in [0.5, 0.6) is 28.7 Å². The summed E-state index contributed by atoms with van der Waals surface area (Å²) in [5.41, 5.74) is 18.4. The molecule has 0 amide bonds. The molecule has 8 N–H and O–H groups in total. The quantitative estimate of drug-likeness (QED) is 0.0462. The highest BCUT2D eigenvalue weighted by atomic mass is 16.5. The van der Waals surface area contributed by atoms with Gasteiger partial charge in [-0.25, -0.2) is 0 Å². The van der Waals surface area contributed by atoms with Crippen LogP contribution in [0.15, 0.2) is 53.5 Å². The number of nitrogens with zero attached hydrogens (tertiary/aromatic N) is 1. The maximum Gasteiger partial charge on any atom is 0.185 e. The second kappa shape index (κ2) is 16.4. The third-order valence-corrected chi connectivity index (χ3v) is 12.5. The molecule has 3 aromatic rings. The number of aliphatic hydroxyl groups excluding tert-OH is 2. The number of rotatable bonds is 13. The number of fused-ring (bicyclic) bond motifs is 7. The van der Waals surface area contributed by atoms with Gasteiger partial charge in [-0.1, -0.05) is 58.3 Å². The fourth-order valence-corrected chi connectivity index (χ4v) is 9.91. The predicted molar refractivity (Wildman–Crippen MR) is 215 cm³/mol. The van der Waals surface area contributed by atoms with Gasteiger partial charge >= 0.3 is 0 Å². The maximum absolute atomic E-state index is 11.9. The molecule has 4 aliphatic rings. The van der Waals surface area contributed by atoms with Crippen molar-refractivity contribution in [2.24, 2.45) is 46.0 Å². The number of methoxy groups -OCH3 is 1. The van der Waals surface area contributed by atoms with Crippen molar-refractivity contribution < 1.29 is 34.6 Å². The molecular formula is C45H59N3O7. The number of nitrogens with two attached hydrogens (primary N) is 2. The fourth-order valence-electron chi connectivity index (χ4n) is 9.91. The van der Waals surface area contributed by atoms with E-state index < -0.39 is 12.2 Å². The van der Waals surface area contributed by atoms with Gasteiger partial charge < -0.3 is 46.1 Å². The van der Waals surface area contributed by atoms with Crippen LogP contribution >= 0.6 is 0 Å². The Kier molecular flexibility index (Phi) is 11.6. The van der Waals surface area contributed by atoms with E-state index in [1.54, 1.807) is 25.3 Å². The van der Waals surface area contributed by atoms with Crippen LogP contribution in [0.4, 0.5) is 0 Å². The van der Waals surface area contributed by atoms with Gasteiger partial charge in [0.15, 0.2) is 17.5 Å². The van der Waals surface area contributed by atoms with Crippen LogP contribution in [-0.4, -0.2) is 58.9 Å². The zero-order valence-corrected chi connectivity index (χ0v) is 32.7. The predicted octanol–water partition coefficient (Wildman–Crippen LogP) is 7.07. The molecule has 0 saturated heterocycles. The zero-order valence-electron chi connectivity index (χ0n) is 32.7. The number of aliphatic hydroxyl groups is 2. The highest BCUT2D eigenvalue weighted by Crippen LogP contribution is 2.54. The summed E-state index contributed by atoms with van der Waals surface area (Å²) < 4.78 is 19.6. The highest BCUT2D eigenvalue weighted by Gasteiger charge is 2.46. The average molecular weight is 754 g/mol. The number of benzene rings is 3. The summed E-state index contributed by atoms with van der Waals surface area (Å²) in [5.74, 6) is 2.66. The monoisotopic (exact) mass is 753 g/mol. The van der Waals surface area contributed by atoms with Crippen molar-refractivity contribution in [1.29, 1.82) is 0 Å². The first-order chi connectivity index (χ1) is 26.5. The number of hydrogen-bond donors (Lipinski definition) is 6. The van der Waals surface area contributed by atoms with E-state index in [0.29, 0.717) is 47.4 Å². The molecule has 0 aromatic heterocycles. The minimum absolute atomic E-state index is 0.00174. The van der Waals surface area contributed by atoms with Gasteiger partial charge in [-0.3, -0.25) is 4.99 Å². The number of hydrogen-bond acceptors (Lipinski definition) is 8. The van der Waals surface area contributed by atoms with Crippen LogP contribution < -0.4 is 25.7 Å². The molecule has 0 radical (unpaired) electrons. The minimum atomic E-state index is -0.865. The first-order valence-electron chi connectivity index (χ1n) is 20.3. The standard InChI is InChI=1S/C45H59N3O7/c1-5-6-7-8-26-16-30-18-35(51)31(15-24(2)3)17-32(30)42-39(53-4)21-37-33(41(26)42)20-36(52)43(54-37)27-13-14-34(50)38(19-27)55-44-25-9-11-28(22-48-45(46)47)40(44)29(23-49)12-10-25/h9,11,13-14,17-19,21,24-26,28-29,36,40,43-44,49-52H,5-8,10,12,15-16,20,22-23H2,1-4H3,(H4,46,47,48)/t25-,26-,28-,29+,36+,40+,43-,44-/m0/s1.